The first kappa shape index (κ1) is 15.0. The van der Waals surface area contributed by atoms with E-state index >= 15 is 0 Å². The van der Waals surface area contributed by atoms with Crippen LogP contribution in [0.4, 0.5) is 5.69 Å². The van der Waals surface area contributed by atoms with E-state index in [-0.39, 0.29) is 5.91 Å². The number of carbonyl (C=O) groups is 1. The zero-order chi connectivity index (χ0) is 16.2. The lowest BCUT2D eigenvalue weighted by Crippen LogP contribution is -2.30. The molecule has 0 saturated heterocycles. The average Bonchev–Trinajstić information content (AvgIpc) is 2.57. The van der Waals surface area contributed by atoms with Crippen molar-refractivity contribution in [3.63, 3.8) is 0 Å². The molecule has 1 aromatic heterocycles. The molecule has 116 valence electrons. The molecule has 1 heterocycles. The van der Waals surface area contributed by atoms with Crippen LogP contribution >= 0.6 is 0 Å². The number of anilines is 1. The van der Waals surface area contributed by atoms with Gasteiger partial charge in [-0.25, -0.2) is 0 Å². The van der Waals surface area contributed by atoms with E-state index in [9.17, 15) is 4.79 Å². The Morgan fingerprint density at radius 1 is 1.09 bits per heavy atom. The van der Waals surface area contributed by atoms with E-state index < -0.39 is 6.10 Å². The number of ether oxygens (including phenoxy) is 1. The molecule has 0 spiro atoms. The zero-order valence-electron chi connectivity index (χ0n) is 13.1. The monoisotopic (exact) mass is 306 g/mol. The summed E-state index contributed by atoms with van der Waals surface area (Å²) < 4.78 is 5.76. The molecule has 0 aliphatic carbocycles. The predicted octanol–water partition coefficient (Wildman–Crippen LogP) is 3.95. The first-order chi connectivity index (χ1) is 11.1. The van der Waals surface area contributed by atoms with Gasteiger partial charge in [0, 0.05) is 11.6 Å². The number of rotatable bonds is 4. The molecule has 3 rings (SSSR count). The van der Waals surface area contributed by atoms with Crippen LogP contribution < -0.4 is 10.1 Å². The highest BCUT2D eigenvalue weighted by atomic mass is 16.5. The van der Waals surface area contributed by atoms with Gasteiger partial charge in [-0.3, -0.25) is 9.78 Å². The van der Waals surface area contributed by atoms with Crippen LogP contribution in [0.3, 0.4) is 0 Å². The molecule has 2 aromatic carbocycles. The van der Waals surface area contributed by atoms with Crippen molar-refractivity contribution in [3.8, 4) is 5.75 Å². The summed E-state index contributed by atoms with van der Waals surface area (Å²) in [6.07, 6.45) is 1.11. The Bertz CT molecular complexity index is 840. The summed E-state index contributed by atoms with van der Waals surface area (Å²) >= 11 is 0. The third kappa shape index (κ3) is 3.31. The number of aromatic nitrogens is 1. The lowest BCUT2D eigenvalue weighted by Gasteiger charge is -2.16. The summed E-state index contributed by atoms with van der Waals surface area (Å²) in [5.41, 5.74) is 2.46. The first-order valence-corrected chi connectivity index (χ1v) is 7.52. The van der Waals surface area contributed by atoms with E-state index in [0.717, 1.165) is 16.5 Å². The normalized spacial score (nSPS) is 11.9. The number of nitrogens with zero attached hydrogens (tertiary/aromatic N) is 1. The first-order valence-electron chi connectivity index (χ1n) is 7.52. The van der Waals surface area contributed by atoms with Crippen LogP contribution in [0.5, 0.6) is 5.75 Å². The van der Waals surface area contributed by atoms with Crippen molar-refractivity contribution in [1.82, 2.24) is 4.98 Å². The minimum absolute atomic E-state index is 0.202. The lowest BCUT2D eigenvalue weighted by atomic mass is 10.2. The molecular formula is C19H18N2O2. The fourth-order valence-corrected chi connectivity index (χ4v) is 2.37. The molecule has 3 aromatic rings. The molecule has 0 radical (unpaired) electrons. The smallest absolute Gasteiger partial charge is 0.265 e. The molecule has 1 amide bonds. The number of carbonyl (C=O) groups excluding carboxylic acids is 1. The van der Waals surface area contributed by atoms with Crippen molar-refractivity contribution >= 4 is 22.5 Å². The number of hydrogen-bond donors (Lipinski definition) is 1. The molecule has 0 aliphatic heterocycles. The molecule has 23 heavy (non-hydrogen) atoms. The van der Waals surface area contributed by atoms with E-state index in [4.69, 9.17) is 4.74 Å². The molecule has 0 fully saturated rings. The maximum Gasteiger partial charge on any atom is 0.265 e. The predicted molar refractivity (Wildman–Crippen MR) is 91.6 cm³/mol. The van der Waals surface area contributed by atoms with Gasteiger partial charge >= 0.3 is 0 Å². The van der Waals surface area contributed by atoms with Gasteiger partial charge in [0.25, 0.3) is 5.91 Å². The molecule has 4 heteroatoms. The van der Waals surface area contributed by atoms with E-state index in [1.54, 1.807) is 13.1 Å². The van der Waals surface area contributed by atoms with Gasteiger partial charge in [-0.1, -0.05) is 36.4 Å². The molecular weight excluding hydrogens is 288 g/mol. The SMILES string of the molecule is Cc1ccccc1O[C@@H](C)C(=O)Nc1cccc2cccnc12. The van der Waals surface area contributed by atoms with Crippen LogP contribution in [0, 0.1) is 6.92 Å². The maximum atomic E-state index is 12.4. The van der Waals surface area contributed by atoms with Crippen molar-refractivity contribution in [2.45, 2.75) is 20.0 Å². The van der Waals surface area contributed by atoms with Gasteiger partial charge in [0.2, 0.25) is 0 Å². The number of para-hydroxylation sites is 2. The van der Waals surface area contributed by atoms with E-state index in [1.807, 2.05) is 61.5 Å². The Labute approximate surface area is 135 Å². The minimum Gasteiger partial charge on any atom is -0.481 e. The summed E-state index contributed by atoms with van der Waals surface area (Å²) in [7, 11) is 0. The Morgan fingerprint density at radius 2 is 1.87 bits per heavy atom. The summed E-state index contributed by atoms with van der Waals surface area (Å²) in [5, 5.41) is 3.88. The largest absolute Gasteiger partial charge is 0.481 e. The molecule has 1 N–H and O–H groups in total. The summed E-state index contributed by atoms with van der Waals surface area (Å²) in [4.78, 5) is 16.7. The second-order valence-corrected chi connectivity index (χ2v) is 5.40. The Balaban J connectivity index is 1.77. The number of fused-ring (bicyclic) bond motifs is 1. The standard InChI is InChI=1S/C19H18N2O2/c1-13-7-3-4-11-17(13)23-14(2)19(22)21-16-10-5-8-15-9-6-12-20-18(15)16/h3-12,14H,1-2H3,(H,21,22)/t14-/m0/s1. The van der Waals surface area contributed by atoms with Gasteiger partial charge in [0.05, 0.1) is 11.2 Å². The van der Waals surface area contributed by atoms with Gasteiger partial charge in [0.1, 0.15) is 5.75 Å². The Hall–Kier alpha value is -2.88. The zero-order valence-corrected chi connectivity index (χ0v) is 13.1. The highest BCUT2D eigenvalue weighted by molar-refractivity contribution is 6.01. The minimum atomic E-state index is -0.602. The Kier molecular flexibility index (Phi) is 4.24. The number of nitrogens with one attached hydrogen (secondary N) is 1. The second-order valence-electron chi connectivity index (χ2n) is 5.40. The van der Waals surface area contributed by atoms with Gasteiger partial charge in [-0.15, -0.1) is 0 Å². The summed E-state index contributed by atoms with van der Waals surface area (Å²) in [6, 6.07) is 17.2. The van der Waals surface area contributed by atoms with Crippen LogP contribution in [0.2, 0.25) is 0 Å². The van der Waals surface area contributed by atoms with Crippen molar-refractivity contribution in [1.29, 1.82) is 0 Å². The summed E-state index contributed by atoms with van der Waals surface area (Å²) in [5.74, 6) is 0.512. The fourth-order valence-electron chi connectivity index (χ4n) is 2.37. The molecule has 0 unspecified atom stereocenters. The number of benzene rings is 2. The van der Waals surface area contributed by atoms with Gasteiger partial charge in [-0.2, -0.15) is 0 Å². The van der Waals surface area contributed by atoms with Crippen molar-refractivity contribution in [3.05, 3.63) is 66.4 Å². The van der Waals surface area contributed by atoms with Gasteiger partial charge in [-0.05, 0) is 37.6 Å². The van der Waals surface area contributed by atoms with E-state index in [2.05, 4.69) is 10.3 Å². The summed E-state index contributed by atoms with van der Waals surface area (Å²) in [6.45, 7) is 3.69. The number of aryl methyl sites for hydroxylation is 1. The van der Waals surface area contributed by atoms with Crippen LogP contribution in [0.25, 0.3) is 10.9 Å². The molecule has 4 nitrogen and oxygen atoms in total. The maximum absolute atomic E-state index is 12.4. The van der Waals surface area contributed by atoms with Crippen molar-refractivity contribution in [2.24, 2.45) is 0 Å². The van der Waals surface area contributed by atoms with Crippen LogP contribution in [-0.2, 0) is 4.79 Å². The molecule has 0 bridgehead atoms. The Morgan fingerprint density at radius 3 is 2.70 bits per heavy atom. The molecule has 0 saturated carbocycles. The number of amides is 1. The van der Waals surface area contributed by atoms with E-state index in [1.165, 1.54) is 0 Å². The second kappa shape index (κ2) is 6.48. The topological polar surface area (TPSA) is 51.2 Å². The average molecular weight is 306 g/mol. The van der Waals surface area contributed by atoms with Crippen molar-refractivity contribution < 1.29 is 9.53 Å². The lowest BCUT2D eigenvalue weighted by molar-refractivity contribution is -0.122. The van der Waals surface area contributed by atoms with Gasteiger partial charge < -0.3 is 10.1 Å². The molecule has 1 atom stereocenters. The number of hydrogen-bond acceptors (Lipinski definition) is 3. The fraction of sp³-hybridized carbons (Fsp3) is 0.158. The number of pyridine rings is 1. The van der Waals surface area contributed by atoms with Crippen LogP contribution in [0.15, 0.2) is 60.8 Å². The quantitative estimate of drug-likeness (QED) is 0.794. The highest BCUT2D eigenvalue weighted by Gasteiger charge is 2.16. The van der Waals surface area contributed by atoms with Gasteiger partial charge in [0.15, 0.2) is 6.10 Å². The van der Waals surface area contributed by atoms with Crippen molar-refractivity contribution in [2.75, 3.05) is 5.32 Å². The van der Waals surface area contributed by atoms with Crippen LogP contribution in [0.1, 0.15) is 12.5 Å². The van der Waals surface area contributed by atoms with Crippen LogP contribution in [-0.4, -0.2) is 17.0 Å². The molecule has 0 aliphatic rings. The highest BCUT2D eigenvalue weighted by Crippen LogP contribution is 2.22. The van der Waals surface area contributed by atoms with E-state index in [0.29, 0.717) is 11.4 Å². The third-order valence-electron chi connectivity index (χ3n) is 3.66. The third-order valence-corrected chi connectivity index (χ3v) is 3.66.